The van der Waals surface area contributed by atoms with Crippen molar-refractivity contribution in [1.29, 1.82) is 0 Å². The van der Waals surface area contributed by atoms with Gasteiger partial charge in [0.2, 0.25) is 0 Å². The second-order valence-electron chi connectivity index (χ2n) is 4.79. The molecule has 0 heterocycles. The van der Waals surface area contributed by atoms with E-state index in [0.717, 1.165) is 5.57 Å². The lowest BCUT2D eigenvalue weighted by molar-refractivity contribution is -0.137. The quantitative estimate of drug-likeness (QED) is 0.344. The van der Waals surface area contributed by atoms with Crippen LogP contribution in [0.2, 0.25) is 0 Å². The van der Waals surface area contributed by atoms with Crippen molar-refractivity contribution in [3.8, 4) is 0 Å². The molecule has 1 N–H and O–H groups in total. The van der Waals surface area contributed by atoms with E-state index in [4.69, 9.17) is 9.47 Å². The van der Waals surface area contributed by atoms with Crippen molar-refractivity contribution in [3.05, 3.63) is 24.0 Å². The molecule has 1 aliphatic rings. The molecule has 1 aliphatic carbocycles. The highest BCUT2D eigenvalue weighted by Crippen LogP contribution is 2.35. The third-order valence-electron chi connectivity index (χ3n) is 2.56. The third kappa shape index (κ3) is 4.61. The summed E-state index contributed by atoms with van der Waals surface area (Å²) in [6.45, 7) is 6.53. The zero-order valence-corrected chi connectivity index (χ0v) is 10.6. The standard InChI is InChI=1S/C13H20O4/c1-4-17-12(15)5-6-16-9-10-7-13(2,3)8-11(10)14/h5-7,11,14H,4,8-9H2,1-3H3/b6-5+/t11-/m0/s1. The predicted octanol–water partition coefficient (Wildman–Crippen LogP) is 1.80. The highest BCUT2D eigenvalue weighted by atomic mass is 16.5. The number of hydrogen-bond donors (Lipinski definition) is 1. The van der Waals surface area contributed by atoms with Gasteiger partial charge >= 0.3 is 5.97 Å². The lowest BCUT2D eigenvalue weighted by Crippen LogP contribution is -2.12. The molecule has 0 spiro atoms. The number of carbonyl (C=O) groups excluding carboxylic acids is 1. The number of aliphatic hydroxyl groups is 1. The molecule has 0 bridgehead atoms. The molecule has 0 aliphatic heterocycles. The second kappa shape index (κ2) is 5.87. The normalized spacial score (nSPS) is 22.6. The van der Waals surface area contributed by atoms with Crippen LogP contribution < -0.4 is 0 Å². The zero-order valence-electron chi connectivity index (χ0n) is 10.6. The molecule has 0 amide bonds. The maximum absolute atomic E-state index is 11.0. The molecule has 4 nitrogen and oxygen atoms in total. The number of aliphatic hydroxyl groups excluding tert-OH is 1. The number of carbonyl (C=O) groups is 1. The van der Waals surface area contributed by atoms with Crippen LogP contribution in [0.3, 0.4) is 0 Å². The van der Waals surface area contributed by atoms with Crippen LogP contribution in [-0.4, -0.2) is 30.4 Å². The molecule has 0 radical (unpaired) electrons. The Morgan fingerprint density at radius 2 is 2.35 bits per heavy atom. The summed E-state index contributed by atoms with van der Waals surface area (Å²) in [6.07, 6.45) is 4.83. The fourth-order valence-electron chi connectivity index (χ4n) is 1.86. The van der Waals surface area contributed by atoms with Crippen LogP contribution in [0.15, 0.2) is 24.0 Å². The van der Waals surface area contributed by atoms with Crippen LogP contribution in [-0.2, 0) is 14.3 Å². The van der Waals surface area contributed by atoms with Crippen molar-refractivity contribution < 1.29 is 19.4 Å². The van der Waals surface area contributed by atoms with E-state index in [1.807, 2.05) is 6.08 Å². The molecule has 0 fully saturated rings. The summed E-state index contributed by atoms with van der Waals surface area (Å²) in [5.74, 6) is -0.422. The Labute approximate surface area is 102 Å². The number of hydrogen-bond acceptors (Lipinski definition) is 4. The summed E-state index contributed by atoms with van der Waals surface area (Å²) in [7, 11) is 0. The van der Waals surface area contributed by atoms with Crippen LogP contribution in [0.5, 0.6) is 0 Å². The highest BCUT2D eigenvalue weighted by molar-refractivity contribution is 5.81. The van der Waals surface area contributed by atoms with Gasteiger partial charge in [-0.1, -0.05) is 19.9 Å². The van der Waals surface area contributed by atoms with Gasteiger partial charge in [0, 0.05) is 0 Å². The Morgan fingerprint density at radius 3 is 2.88 bits per heavy atom. The highest BCUT2D eigenvalue weighted by Gasteiger charge is 2.30. The first-order valence-corrected chi connectivity index (χ1v) is 5.79. The molecule has 0 saturated heterocycles. The Bertz CT molecular complexity index is 328. The average molecular weight is 240 g/mol. The van der Waals surface area contributed by atoms with Crippen molar-refractivity contribution in [3.63, 3.8) is 0 Å². The average Bonchev–Trinajstić information content (AvgIpc) is 2.47. The van der Waals surface area contributed by atoms with E-state index < -0.39 is 12.1 Å². The molecular weight excluding hydrogens is 220 g/mol. The minimum atomic E-state index is -0.444. The fourth-order valence-corrected chi connectivity index (χ4v) is 1.86. The minimum absolute atomic E-state index is 0.0168. The molecule has 0 aromatic rings. The summed E-state index contributed by atoms with van der Waals surface area (Å²) in [6, 6.07) is 0. The van der Waals surface area contributed by atoms with Crippen LogP contribution in [0.1, 0.15) is 27.2 Å². The van der Waals surface area contributed by atoms with Gasteiger partial charge in [-0.25, -0.2) is 4.79 Å². The monoisotopic (exact) mass is 240 g/mol. The van der Waals surface area contributed by atoms with Crippen molar-refractivity contribution in [2.75, 3.05) is 13.2 Å². The van der Waals surface area contributed by atoms with Gasteiger partial charge in [-0.05, 0) is 24.3 Å². The van der Waals surface area contributed by atoms with Gasteiger partial charge in [0.05, 0.1) is 25.0 Å². The Kier molecular flexibility index (Phi) is 4.75. The maximum Gasteiger partial charge on any atom is 0.333 e. The molecule has 0 aromatic carbocycles. The van der Waals surface area contributed by atoms with E-state index in [1.54, 1.807) is 6.92 Å². The second-order valence-corrected chi connectivity index (χ2v) is 4.79. The molecule has 1 atom stereocenters. The molecule has 1 rings (SSSR count). The number of ether oxygens (including phenoxy) is 2. The summed E-state index contributed by atoms with van der Waals surface area (Å²) < 4.78 is 9.89. The van der Waals surface area contributed by atoms with Gasteiger partial charge in [0.1, 0.15) is 6.61 Å². The molecule has 96 valence electrons. The van der Waals surface area contributed by atoms with Crippen molar-refractivity contribution in [1.82, 2.24) is 0 Å². The van der Waals surface area contributed by atoms with Crippen LogP contribution in [0.25, 0.3) is 0 Å². The first-order valence-electron chi connectivity index (χ1n) is 5.79. The minimum Gasteiger partial charge on any atom is -0.496 e. The molecule has 17 heavy (non-hydrogen) atoms. The van der Waals surface area contributed by atoms with E-state index in [-0.39, 0.29) is 5.41 Å². The summed E-state index contributed by atoms with van der Waals surface area (Å²) >= 11 is 0. The van der Waals surface area contributed by atoms with Crippen molar-refractivity contribution in [2.24, 2.45) is 5.41 Å². The Morgan fingerprint density at radius 1 is 1.65 bits per heavy atom. The van der Waals surface area contributed by atoms with E-state index in [9.17, 15) is 9.90 Å². The summed E-state index contributed by atoms with van der Waals surface area (Å²) in [5.41, 5.74) is 0.881. The lowest BCUT2D eigenvalue weighted by Gasteiger charge is -2.13. The van der Waals surface area contributed by atoms with Gasteiger partial charge in [-0.3, -0.25) is 0 Å². The third-order valence-corrected chi connectivity index (χ3v) is 2.56. The van der Waals surface area contributed by atoms with Crippen molar-refractivity contribution in [2.45, 2.75) is 33.3 Å². The molecule has 0 unspecified atom stereocenters. The van der Waals surface area contributed by atoms with E-state index in [1.165, 1.54) is 12.3 Å². The summed E-state index contributed by atoms with van der Waals surface area (Å²) in [4.78, 5) is 11.0. The van der Waals surface area contributed by atoms with E-state index >= 15 is 0 Å². The topological polar surface area (TPSA) is 55.8 Å². The molecule has 0 aromatic heterocycles. The van der Waals surface area contributed by atoms with Crippen LogP contribution in [0.4, 0.5) is 0 Å². The van der Waals surface area contributed by atoms with E-state index in [0.29, 0.717) is 19.6 Å². The Hall–Kier alpha value is -1.29. The van der Waals surface area contributed by atoms with Gasteiger partial charge in [0.25, 0.3) is 0 Å². The molecular formula is C13H20O4. The Balaban J connectivity index is 2.35. The first-order chi connectivity index (χ1) is 7.94. The smallest absolute Gasteiger partial charge is 0.333 e. The van der Waals surface area contributed by atoms with Crippen molar-refractivity contribution >= 4 is 5.97 Å². The van der Waals surface area contributed by atoms with Gasteiger partial charge in [0.15, 0.2) is 0 Å². The lowest BCUT2D eigenvalue weighted by atomic mass is 9.93. The number of esters is 1. The molecule has 4 heteroatoms. The first kappa shape index (κ1) is 13.8. The largest absolute Gasteiger partial charge is 0.496 e. The number of rotatable bonds is 5. The van der Waals surface area contributed by atoms with Crippen LogP contribution in [0, 0.1) is 5.41 Å². The van der Waals surface area contributed by atoms with Gasteiger partial charge in [-0.2, -0.15) is 0 Å². The zero-order chi connectivity index (χ0) is 12.9. The number of allylic oxidation sites excluding steroid dienone is 1. The fraction of sp³-hybridized carbons (Fsp3) is 0.615. The maximum atomic E-state index is 11.0. The van der Waals surface area contributed by atoms with E-state index in [2.05, 4.69) is 13.8 Å². The molecule has 0 saturated carbocycles. The predicted molar refractivity (Wildman–Crippen MR) is 64.2 cm³/mol. The van der Waals surface area contributed by atoms with Gasteiger partial charge < -0.3 is 14.6 Å². The van der Waals surface area contributed by atoms with Gasteiger partial charge in [-0.15, -0.1) is 0 Å². The SMILES string of the molecule is CCOC(=O)/C=C/OCC1=CC(C)(C)C[C@@H]1O. The van der Waals surface area contributed by atoms with Crippen LogP contribution >= 0.6 is 0 Å². The summed E-state index contributed by atoms with van der Waals surface area (Å²) in [5, 5.41) is 9.75.